The van der Waals surface area contributed by atoms with Crippen LogP contribution in [-0.2, 0) is 6.54 Å². The minimum Gasteiger partial charge on any atom is -0.496 e. The van der Waals surface area contributed by atoms with Crippen LogP contribution < -0.4 is 10.1 Å². The number of halogens is 1. The lowest BCUT2D eigenvalue weighted by molar-refractivity contribution is 0.399. The standard InChI is InChI=1S/C15H18FN3O/c1-10(14-8-12(16)4-5-15(14)20-3)18-9-13-6-7-17-11(2)19-13/h4-8,10,18H,9H2,1-3H3. The number of aryl methyl sites for hydroxylation is 1. The molecule has 0 aliphatic carbocycles. The van der Waals surface area contributed by atoms with Gasteiger partial charge in [0.25, 0.3) is 0 Å². The van der Waals surface area contributed by atoms with E-state index in [9.17, 15) is 4.39 Å². The van der Waals surface area contributed by atoms with Gasteiger partial charge in [-0.25, -0.2) is 14.4 Å². The molecule has 0 radical (unpaired) electrons. The molecule has 1 aromatic carbocycles. The maximum atomic E-state index is 13.4. The van der Waals surface area contributed by atoms with Crippen molar-refractivity contribution in [2.75, 3.05) is 7.11 Å². The summed E-state index contributed by atoms with van der Waals surface area (Å²) in [6, 6.07) is 6.33. The molecule has 1 aromatic heterocycles. The van der Waals surface area contributed by atoms with Crippen molar-refractivity contribution >= 4 is 0 Å². The van der Waals surface area contributed by atoms with Crippen LogP contribution in [0.4, 0.5) is 4.39 Å². The van der Waals surface area contributed by atoms with E-state index in [0.29, 0.717) is 12.3 Å². The Morgan fingerprint density at radius 1 is 1.35 bits per heavy atom. The Morgan fingerprint density at radius 3 is 2.85 bits per heavy atom. The summed E-state index contributed by atoms with van der Waals surface area (Å²) in [6.07, 6.45) is 1.73. The highest BCUT2D eigenvalue weighted by atomic mass is 19.1. The molecule has 1 unspecified atom stereocenters. The first-order valence-electron chi connectivity index (χ1n) is 6.45. The fraction of sp³-hybridized carbons (Fsp3) is 0.333. The summed E-state index contributed by atoms with van der Waals surface area (Å²) in [6.45, 7) is 4.40. The quantitative estimate of drug-likeness (QED) is 0.911. The Bertz CT molecular complexity index is 589. The van der Waals surface area contributed by atoms with Crippen LogP contribution in [0, 0.1) is 12.7 Å². The molecule has 0 saturated heterocycles. The SMILES string of the molecule is COc1ccc(F)cc1C(C)NCc1ccnc(C)n1. The third kappa shape index (κ3) is 3.51. The van der Waals surface area contributed by atoms with Crippen molar-refractivity contribution in [2.45, 2.75) is 26.4 Å². The van der Waals surface area contributed by atoms with Gasteiger partial charge >= 0.3 is 0 Å². The van der Waals surface area contributed by atoms with E-state index in [0.717, 1.165) is 17.1 Å². The van der Waals surface area contributed by atoms with Gasteiger partial charge in [0.1, 0.15) is 17.4 Å². The summed E-state index contributed by atoms with van der Waals surface area (Å²) in [5.74, 6) is 1.14. The van der Waals surface area contributed by atoms with Crippen LogP contribution in [0.2, 0.25) is 0 Å². The average molecular weight is 275 g/mol. The maximum Gasteiger partial charge on any atom is 0.125 e. The van der Waals surface area contributed by atoms with Crippen LogP contribution in [0.25, 0.3) is 0 Å². The number of ether oxygens (including phenoxy) is 1. The molecule has 2 aromatic rings. The van der Waals surface area contributed by atoms with Gasteiger partial charge in [0, 0.05) is 24.3 Å². The molecule has 5 heteroatoms. The van der Waals surface area contributed by atoms with Crippen molar-refractivity contribution in [3.05, 3.63) is 53.4 Å². The van der Waals surface area contributed by atoms with Crippen LogP contribution in [0.1, 0.15) is 30.0 Å². The topological polar surface area (TPSA) is 47.0 Å². The highest BCUT2D eigenvalue weighted by Crippen LogP contribution is 2.25. The number of methoxy groups -OCH3 is 1. The number of rotatable bonds is 5. The van der Waals surface area contributed by atoms with Gasteiger partial charge in [0.05, 0.1) is 12.8 Å². The van der Waals surface area contributed by atoms with E-state index in [4.69, 9.17) is 4.74 Å². The van der Waals surface area contributed by atoms with Crippen molar-refractivity contribution in [3.8, 4) is 5.75 Å². The van der Waals surface area contributed by atoms with Gasteiger partial charge < -0.3 is 10.1 Å². The third-order valence-corrected chi connectivity index (χ3v) is 3.08. The van der Waals surface area contributed by atoms with Gasteiger partial charge in [-0.05, 0) is 38.1 Å². The first-order chi connectivity index (χ1) is 9.60. The minimum atomic E-state index is -0.271. The van der Waals surface area contributed by atoms with Crippen LogP contribution in [0.3, 0.4) is 0 Å². The van der Waals surface area contributed by atoms with Gasteiger partial charge in [-0.15, -0.1) is 0 Å². The Balaban J connectivity index is 2.08. The number of benzene rings is 1. The van der Waals surface area contributed by atoms with E-state index in [1.807, 2.05) is 19.9 Å². The van der Waals surface area contributed by atoms with Crippen molar-refractivity contribution in [1.82, 2.24) is 15.3 Å². The van der Waals surface area contributed by atoms with Gasteiger partial charge in [-0.3, -0.25) is 0 Å². The lowest BCUT2D eigenvalue weighted by atomic mass is 10.1. The van der Waals surface area contributed by atoms with Crippen LogP contribution in [0.5, 0.6) is 5.75 Å². The van der Waals surface area contributed by atoms with Gasteiger partial charge in [-0.1, -0.05) is 0 Å². The van der Waals surface area contributed by atoms with E-state index in [1.165, 1.54) is 12.1 Å². The molecule has 4 nitrogen and oxygen atoms in total. The monoisotopic (exact) mass is 275 g/mol. The van der Waals surface area contributed by atoms with Crippen LogP contribution in [-0.4, -0.2) is 17.1 Å². The molecule has 106 valence electrons. The highest BCUT2D eigenvalue weighted by molar-refractivity contribution is 5.36. The summed E-state index contributed by atoms with van der Waals surface area (Å²) in [5, 5.41) is 3.31. The predicted molar refractivity (Wildman–Crippen MR) is 75.0 cm³/mol. The molecule has 0 spiro atoms. The number of hydrogen-bond donors (Lipinski definition) is 1. The lowest BCUT2D eigenvalue weighted by Crippen LogP contribution is -2.19. The highest BCUT2D eigenvalue weighted by Gasteiger charge is 2.12. The van der Waals surface area contributed by atoms with E-state index in [2.05, 4.69) is 15.3 Å². The van der Waals surface area contributed by atoms with Gasteiger partial charge in [0.2, 0.25) is 0 Å². The number of hydrogen-bond acceptors (Lipinski definition) is 4. The van der Waals surface area contributed by atoms with Crippen molar-refractivity contribution in [1.29, 1.82) is 0 Å². The van der Waals surface area contributed by atoms with E-state index < -0.39 is 0 Å². The molecular formula is C15H18FN3O. The molecule has 1 heterocycles. The molecule has 0 aliphatic rings. The molecule has 0 amide bonds. The molecule has 1 N–H and O–H groups in total. The van der Waals surface area contributed by atoms with E-state index in [-0.39, 0.29) is 11.9 Å². The summed E-state index contributed by atoms with van der Waals surface area (Å²) in [4.78, 5) is 8.38. The molecule has 1 atom stereocenters. The predicted octanol–water partition coefficient (Wildman–Crippen LogP) is 2.78. The summed E-state index contributed by atoms with van der Waals surface area (Å²) >= 11 is 0. The van der Waals surface area contributed by atoms with Gasteiger partial charge in [0.15, 0.2) is 0 Å². The second-order valence-corrected chi connectivity index (χ2v) is 4.58. The first-order valence-corrected chi connectivity index (χ1v) is 6.45. The molecular weight excluding hydrogens is 257 g/mol. The Kier molecular flexibility index (Phi) is 4.63. The summed E-state index contributed by atoms with van der Waals surface area (Å²) in [5.41, 5.74) is 1.69. The molecule has 0 aliphatic heterocycles. The molecule has 20 heavy (non-hydrogen) atoms. The van der Waals surface area contributed by atoms with Crippen LogP contribution in [0.15, 0.2) is 30.5 Å². The molecule has 2 rings (SSSR count). The number of nitrogens with one attached hydrogen (secondary N) is 1. The normalized spacial score (nSPS) is 12.2. The van der Waals surface area contributed by atoms with E-state index >= 15 is 0 Å². The summed E-state index contributed by atoms with van der Waals surface area (Å²) in [7, 11) is 1.58. The largest absolute Gasteiger partial charge is 0.496 e. The molecule has 0 saturated carbocycles. The van der Waals surface area contributed by atoms with E-state index in [1.54, 1.807) is 19.4 Å². The summed E-state index contributed by atoms with van der Waals surface area (Å²) < 4.78 is 18.6. The Hall–Kier alpha value is -2.01. The third-order valence-electron chi connectivity index (χ3n) is 3.08. The zero-order valence-corrected chi connectivity index (χ0v) is 11.9. The zero-order valence-electron chi connectivity index (χ0n) is 11.9. The lowest BCUT2D eigenvalue weighted by Gasteiger charge is -2.17. The fourth-order valence-electron chi connectivity index (χ4n) is 2.01. The fourth-order valence-corrected chi connectivity index (χ4v) is 2.01. The van der Waals surface area contributed by atoms with Crippen LogP contribution >= 0.6 is 0 Å². The van der Waals surface area contributed by atoms with Crippen molar-refractivity contribution < 1.29 is 9.13 Å². The second-order valence-electron chi connectivity index (χ2n) is 4.58. The van der Waals surface area contributed by atoms with Crippen molar-refractivity contribution in [3.63, 3.8) is 0 Å². The average Bonchev–Trinajstić information content (AvgIpc) is 2.45. The molecule has 0 bridgehead atoms. The smallest absolute Gasteiger partial charge is 0.125 e. The number of nitrogens with zero attached hydrogens (tertiary/aromatic N) is 2. The first kappa shape index (κ1) is 14.4. The van der Waals surface area contributed by atoms with Crippen molar-refractivity contribution in [2.24, 2.45) is 0 Å². The Labute approximate surface area is 118 Å². The minimum absolute atomic E-state index is 0.0454. The maximum absolute atomic E-state index is 13.4. The second kappa shape index (κ2) is 6.43. The molecule has 0 fully saturated rings. The van der Waals surface area contributed by atoms with Gasteiger partial charge in [-0.2, -0.15) is 0 Å². The zero-order chi connectivity index (χ0) is 14.5. The Morgan fingerprint density at radius 2 is 2.15 bits per heavy atom. The number of aromatic nitrogens is 2.